The minimum absolute atomic E-state index is 0.1000. The van der Waals surface area contributed by atoms with Crippen molar-refractivity contribution in [2.24, 2.45) is 0 Å². The first-order chi connectivity index (χ1) is 15.1. The van der Waals surface area contributed by atoms with E-state index in [-0.39, 0.29) is 35.9 Å². The Balaban J connectivity index is 1.41. The van der Waals surface area contributed by atoms with Crippen LogP contribution in [0.4, 0.5) is 10.3 Å². The number of nitrogens with one attached hydrogen (secondary N) is 2. The fraction of sp³-hybridized carbons (Fsp3) is 0.143. The van der Waals surface area contributed by atoms with E-state index in [0.29, 0.717) is 18.0 Å². The van der Waals surface area contributed by atoms with Crippen LogP contribution in [0.2, 0.25) is 0 Å². The van der Waals surface area contributed by atoms with Gasteiger partial charge in [-0.05, 0) is 23.8 Å². The maximum atomic E-state index is 13.9. The van der Waals surface area contributed by atoms with E-state index in [1.54, 1.807) is 6.07 Å². The van der Waals surface area contributed by atoms with E-state index < -0.39 is 17.1 Å². The number of hydrogen-bond donors (Lipinski definition) is 2. The van der Waals surface area contributed by atoms with Gasteiger partial charge in [-0.3, -0.25) is 14.3 Å². The largest absolute Gasteiger partial charge is 0.454 e. The zero-order valence-corrected chi connectivity index (χ0v) is 16.1. The van der Waals surface area contributed by atoms with Crippen LogP contribution in [0, 0.1) is 5.82 Å². The number of aromatic amines is 1. The Labute approximate surface area is 174 Å². The minimum atomic E-state index is -0.679. The molecule has 0 bridgehead atoms. The molecule has 5 rings (SSSR count). The Kier molecular flexibility index (Phi) is 4.58. The Morgan fingerprint density at radius 1 is 1.13 bits per heavy atom. The van der Waals surface area contributed by atoms with Crippen LogP contribution in [0.5, 0.6) is 11.5 Å². The fourth-order valence-electron chi connectivity index (χ4n) is 3.30. The summed E-state index contributed by atoms with van der Waals surface area (Å²) in [5.41, 5.74) is -0.0207. The van der Waals surface area contributed by atoms with Gasteiger partial charge in [0.15, 0.2) is 17.1 Å². The summed E-state index contributed by atoms with van der Waals surface area (Å²) in [5, 5.41) is 3.18. The summed E-state index contributed by atoms with van der Waals surface area (Å²) in [6, 6.07) is 11.5. The third-order valence-corrected chi connectivity index (χ3v) is 4.91. The van der Waals surface area contributed by atoms with Gasteiger partial charge in [-0.25, -0.2) is 14.2 Å². The number of aromatic nitrogens is 4. The predicted octanol–water partition coefficient (Wildman–Crippen LogP) is 2.01. The SMILES string of the molecule is O=c1[nH]c2nc(NCc3ccc4c(c3)OCO4)ncc2c(=O)n1Cc1ccccc1F. The molecule has 31 heavy (non-hydrogen) atoms. The molecular weight excluding hydrogens is 405 g/mol. The Morgan fingerprint density at radius 3 is 2.84 bits per heavy atom. The van der Waals surface area contributed by atoms with Gasteiger partial charge >= 0.3 is 5.69 Å². The molecule has 0 aliphatic carbocycles. The number of anilines is 1. The quantitative estimate of drug-likeness (QED) is 0.507. The van der Waals surface area contributed by atoms with Crippen LogP contribution in [-0.2, 0) is 13.1 Å². The number of halogens is 1. The number of fused-ring (bicyclic) bond motifs is 2. The first-order valence-electron chi connectivity index (χ1n) is 9.44. The van der Waals surface area contributed by atoms with Crippen molar-refractivity contribution in [2.45, 2.75) is 13.1 Å². The zero-order chi connectivity index (χ0) is 21.4. The molecule has 0 unspecified atom stereocenters. The normalized spacial score (nSPS) is 12.3. The highest BCUT2D eigenvalue weighted by atomic mass is 19.1. The average Bonchev–Trinajstić information content (AvgIpc) is 3.24. The number of nitrogens with zero attached hydrogens (tertiary/aromatic N) is 3. The molecule has 3 heterocycles. The van der Waals surface area contributed by atoms with Crippen LogP contribution in [0.3, 0.4) is 0 Å². The van der Waals surface area contributed by atoms with Crippen molar-refractivity contribution in [3.63, 3.8) is 0 Å². The lowest BCUT2D eigenvalue weighted by atomic mass is 10.2. The van der Waals surface area contributed by atoms with Crippen LogP contribution < -0.4 is 26.0 Å². The monoisotopic (exact) mass is 421 g/mol. The van der Waals surface area contributed by atoms with E-state index in [1.807, 2.05) is 18.2 Å². The Morgan fingerprint density at radius 2 is 1.97 bits per heavy atom. The molecular formula is C21H16FN5O4. The van der Waals surface area contributed by atoms with Crippen LogP contribution in [-0.4, -0.2) is 26.3 Å². The van der Waals surface area contributed by atoms with Crippen molar-refractivity contribution in [3.05, 3.63) is 86.4 Å². The van der Waals surface area contributed by atoms with Crippen molar-refractivity contribution in [1.82, 2.24) is 19.5 Å². The highest BCUT2D eigenvalue weighted by molar-refractivity contribution is 5.73. The smallest absolute Gasteiger partial charge is 0.330 e. The van der Waals surface area contributed by atoms with Gasteiger partial charge in [0, 0.05) is 18.3 Å². The molecule has 2 N–H and O–H groups in total. The second-order valence-electron chi connectivity index (χ2n) is 6.91. The van der Waals surface area contributed by atoms with E-state index in [4.69, 9.17) is 9.47 Å². The maximum absolute atomic E-state index is 13.9. The molecule has 0 atom stereocenters. The topological polar surface area (TPSA) is 111 Å². The van der Waals surface area contributed by atoms with Crippen molar-refractivity contribution in [2.75, 3.05) is 12.1 Å². The van der Waals surface area contributed by atoms with E-state index in [0.717, 1.165) is 10.1 Å². The third kappa shape index (κ3) is 3.59. The van der Waals surface area contributed by atoms with Gasteiger partial charge in [-0.15, -0.1) is 0 Å². The fourth-order valence-corrected chi connectivity index (χ4v) is 3.30. The molecule has 1 aliphatic rings. The molecule has 2 aromatic heterocycles. The number of rotatable bonds is 5. The molecule has 0 fully saturated rings. The van der Waals surface area contributed by atoms with Gasteiger partial charge in [0.25, 0.3) is 5.56 Å². The number of H-pyrrole nitrogens is 1. The van der Waals surface area contributed by atoms with Crippen LogP contribution in [0.1, 0.15) is 11.1 Å². The molecule has 156 valence electrons. The summed E-state index contributed by atoms with van der Waals surface area (Å²) in [7, 11) is 0. The second-order valence-corrected chi connectivity index (χ2v) is 6.91. The Hall–Kier alpha value is -4.21. The van der Waals surface area contributed by atoms with E-state index in [9.17, 15) is 14.0 Å². The van der Waals surface area contributed by atoms with Crippen LogP contribution in [0.25, 0.3) is 11.0 Å². The van der Waals surface area contributed by atoms with Crippen molar-refractivity contribution < 1.29 is 13.9 Å². The number of ether oxygens (including phenoxy) is 2. The van der Waals surface area contributed by atoms with E-state index >= 15 is 0 Å². The summed E-state index contributed by atoms with van der Waals surface area (Å²) in [4.78, 5) is 36.2. The summed E-state index contributed by atoms with van der Waals surface area (Å²) in [6.07, 6.45) is 1.33. The molecule has 0 saturated heterocycles. The lowest BCUT2D eigenvalue weighted by Crippen LogP contribution is -2.36. The number of hydrogen-bond acceptors (Lipinski definition) is 7. The predicted molar refractivity (Wildman–Crippen MR) is 110 cm³/mol. The lowest BCUT2D eigenvalue weighted by Gasteiger charge is -2.09. The maximum Gasteiger partial charge on any atom is 0.330 e. The highest BCUT2D eigenvalue weighted by Crippen LogP contribution is 2.32. The lowest BCUT2D eigenvalue weighted by molar-refractivity contribution is 0.174. The molecule has 2 aromatic carbocycles. The molecule has 10 heteroatoms. The van der Waals surface area contributed by atoms with Gasteiger partial charge in [0.1, 0.15) is 11.2 Å². The zero-order valence-electron chi connectivity index (χ0n) is 16.1. The number of benzene rings is 2. The first kappa shape index (κ1) is 18.8. The average molecular weight is 421 g/mol. The van der Waals surface area contributed by atoms with Gasteiger partial charge in [0.2, 0.25) is 12.7 Å². The minimum Gasteiger partial charge on any atom is -0.454 e. The van der Waals surface area contributed by atoms with Crippen molar-refractivity contribution in [1.29, 1.82) is 0 Å². The molecule has 9 nitrogen and oxygen atoms in total. The first-order valence-corrected chi connectivity index (χ1v) is 9.44. The summed E-state index contributed by atoms with van der Waals surface area (Å²) >= 11 is 0. The second kappa shape index (κ2) is 7.56. The molecule has 0 spiro atoms. The van der Waals surface area contributed by atoms with Crippen molar-refractivity contribution in [3.8, 4) is 11.5 Å². The molecule has 0 amide bonds. The summed E-state index contributed by atoms with van der Waals surface area (Å²) in [6.45, 7) is 0.402. The molecule has 4 aromatic rings. The highest BCUT2D eigenvalue weighted by Gasteiger charge is 2.14. The third-order valence-electron chi connectivity index (χ3n) is 4.91. The van der Waals surface area contributed by atoms with Crippen LogP contribution in [0.15, 0.2) is 58.3 Å². The van der Waals surface area contributed by atoms with E-state index in [2.05, 4.69) is 20.3 Å². The molecule has 1 aliphatic heterocycles. The van der Waals surface area contributed by atoms with Gasteiger partial charge in [0.05, 0.1) is 6.54 Å². The standard InChI is InChI=1S/C21H16FN5O4/c22-15-4-2-1-3-13(15)10-27-19(28)14-9-24-20(25-18(14)26-21(27)29)23-8-12-5-6-16-17(7-12)31-11-30-16/h1-7,9H,8,10-11H2,(H2,23,24,25,26,29). The summed E-state index contributed by atoms with van der Waals surface area (Å²) in [5.74, 6) is 1.11. The van der Waals surface area contributed by atoms with Gasteiger partial charge in [-0.1, -0.05) is 24.3 Å². The summed E-state index contributed by atoms with van der Waals surface area (Å²) < 4.78 is 25.5. The molecule has 0 radical (unpaired) electrons. The molecule has 0 saturated carbocycles. The van der Waals surface area contributed by atoms with E-state index in [1.165, 1.54) is 24.4 Å². The van der Waals surface area contributed by atoms with Crippen molar-refractivity contribution >= 4 is 17.0 Å². The van der Waals surface area contributed by atoms with Crippen LogP contribution >= 0.6 is 0 Å². The Bertz CT molecular complexity index is 1420. The van der Waals surface area contributed by atoms with Gasteiger partial charge < -0.3 is 14.8 Å². The van der Waals surface area contributed by atoms with Gasteiger partial charge in [-0.2, -0.15) is 4.98 Å².